The van der Waals surface area contributed by atoms with Crippen molar-refractivity contribution in [2.45, 2.75) is 25.8 Å². The lowest BCUT2D eigenvalue weighted by Crippen LogP contribution is -2.49. The molecule has 8 heteroatoms. The number of rotatable bonds is 2. The largest absolute Gasteiger partial charge is 0.364 e. The van der Waals surface area contributed by atoms with Gasteiger partial charge in [-0.25, -0.2) is 4.79 Å². The maximum atomic E-state index is 12.8. The molecule has 4 N–H and O–H groups in total. The molecule has 0 radical (unpaired) electrons. The van der Waals surface area contributed by atoms with E-state index in [9.17, 15) is 14.4 Å². The van der Waals surface area contributed by atoms with E-state index in [0.717, 1.165) is 24.1 Å². The molecule has 1 aromatic heterocycles. The van der Waals surface area contributed by atoms with Crippen LogP contribution in [0, 0.1) is 5.92 Å². The van der Waals surface area contributed by atoms with Crippen molar-refractivity contribution in [3.05, 3.63) is 23.0 Å². The predicted molar refractivity (Wildman–Crippen MR) is 86.9 cm³/mol. The number of hydrogen-bond acceptors (Lipinski definition) is 3. The van der Waals surface area contributed by atoms with Crippen LogP contribution in [0.2, 0.25) is 0 Å². The fourth-order valence-corrected chi connectivity index (χ4v) is 3.71. The number of carbonyl (C=O) groups excluding carboxylic acids is 3. The van der Waals surface area contributed by atoms with Gasteiger partial charge in [0.25, 0.3) is 5.91 Å². The van der Waals surface area contributed by atoms with Gasteiger partial charge < -0.3 is 25.8 Å². The van der Waals surface area contributed by atoms with Gasteiger partial charge in [-0.2, -0.15) is 0 Å². The molecule has 0 aromatic carbocycles. The van der Waals surface area contributed by atoms with Crippen LogP contribution in [0.1, 0.15) is 34.6 Å². The first-order chi connectivity index (χ1) is 11.4. The van der Waals surface area contributed by atoms with E-state index in [1.54, 1.807) is 11.6 Å². The molecule has 1 fully saturated rings. The highest BCUT2D eigenvalue weighted by molar-refractivity contribution is 5.92. The lowest BCUT2D eigenvalue weighted by atomic mass is 9.95. The molecule has 2 aliphatic rings. The molecular weight excluding hydrogens is 310 g/mol. The zero-order chi connectivity index (χ0) is 17.4. The summed E-state index contributed by atoms with van der Waals surface area (Å²) in [5.74, 6) is -0.619. The van der Waals surface area contributed by atoms with E-state index in [1.165, 1.54) is 4.90 Å². The van der Waals surface area contributed by atoms with Crippen LogP contribution in [0.5, 0.6) is 0 Å². The van der Waals surface area contributed by atoms with Crippen LogP contribution in [-0.2, 0) is 24.8 Å². The maximum absolute atomic E-state index is 12.8. The smallest absolute Gasteiger partial charge is 0.314 e. The average molecular weight is 333 g/mol. The Bertz CT molecular complexity index is 696. The first-order valence-electron chi connectivity index (χ1n) is 8.19. The second kappa shape index (κ2) is 6.18. The standard InChI is InChI=1S/C16H23N5O3/c1-19-12(14(17)22)7-10-4-6-20(9-13(10)19)15(23)11-3-2-5-21(8-11)16(18)24/h7,11H,2-6,8-9H2,1H3,(H2,17,22)(H2,18,24)/t11-/m1/s1. The highest BCUT2D eigenvalue weighted by Gasteiger charge is 2.33. The fraction of sp³-hybridized carbons (Fsp3) is 0.562. The third-order valence-corrected chi connectivity index (χ3v) is 5.09. The third-order valence-electron chi connectivity index (χ3n) is 5.09. The van der Waals surface area contributed by atoms with Crippen LogP contribution in [-0.4, -0.2) is 51.8 Å². The normalized spacial score (nSPS) is 20.6. The summed E-state index contributed by atoms with van der Waals surface area (Å²) in [5.41, 5.74) is 13.2. The van der Waals surface area contributed by atoms with Crippen LogP contribution in [0.15, 0.2) is 6.07 Å². The summed E-state index contributed by atoms with van der Waals surface area (Å²) < 4.78 is 1.77. The Morgan fingerprint density at radius 1 is 1.17 bits per heavy atom. The van der Waals surface area contributed by atoms with Gasteiger partial charge in [-0.15, -0.1) is 0 Å². The number of fused-ring (bicyclic) bond motifs is 1. The first-order valence-corrected chi connectivity index (χ1v) is 8.19. The Hall–Kier alpha value is -2.51. The molecule has 2 aliphatic heterocycles. The molecule has 4 amide bonds. The average Bonchev–Trinajstić information content (AvgIpc) is 2.91. The van der Waals surface area contributed by atoms with Gasteiger partial charge in [-0.05, 0) is 30.9 Å². The number of piperidine rings is 1. The molecule has 3 rings (SSSR count). The Balaban J connectivity index is 1.74. The molecule has 3 heterocycles. The van der Waals surface area contributed by atoms with Gasteiger partial charge in [0.1, 0.15) is 5.69 Å². The van der Waals surface area contributed by atoms with E-state index < -0.39 is 11.9 Å². The van der Waals surface area contributed by atoms with E-state index in [2.05, 4.69) is 0 Å². The van der Waals surface area contributed by atoms with Gasteiger partial charge in [0.2, 0.25) is 5.91 Å². The summed E-state index contributed by atoms with van der Waals surface area (Å²) in [7, 11) is 1.79. The summed E-state index contributed by atoms with van der Waals surface area (Å²) in [5, 5.41) is 0. The molecule has 1 atom stereocenters. The van der Waals surface area contributed by atoms with Crippen molar-refractivity contribution in [2.24, 2.45) is 24.4 Å². The van der Waals surface area contributed by atoms with Crippen molar-refractivity contribution in [1.29, 1.82) is 0 Å². The number of primary amides is 2. The monoisotopic (exact) mass is 333 g/mol. The molecule has 24 heavy (non-hydrogen) atoms. The fourth-order valence-electron chi connectivity index (χ4n) is 3.71. The molecule has 0 bridgehead atoms. The lowest BCUT2D eigenvalue weighted by Gasteiger charge is -2.35. The lowest BCUT2D eigenvalue weighted by molar-refractivity contribution is -0.138. The van der Waals surface area contributed by atoms with E-state index in [4.69, 9.17) is 11.5 Å². The van der Waals surface area contributed by atoms with Crippen LogP contribution >= 0.6 is 0 Å². The Morgan fingerprint density at radius 3 is 2.58 bits per heavy atom. The number of carbonyl (C=O) groups is 3. The Kier molecular flexibility index (Phi) is 4.21. The van der Waals surface area contributed by atoms with Gasteiger partial charge in [0, 0.05) is 32.4 Å². The number of nitrogens with zero attached hydrogens (tertiary/aromatic N) is 3. The number of aromatic nitrogens is 1. The summed E-state index contributed by atoms with van der Waals surface area (Å²) in [6.45, 7) is 2.08. The molecule has 0 aliphatic carbocycles. The third kappa shape index (κ3) is 2.83. The number of likely N-dealkylation sites (tertiary alicyclic amines) is 1. The molecule has 0 saturated carbocycles. The highest BCUT2D eigenvalue weighted by atomic mass is 16.2. The van der Waals surface area contributed by atoms with Gasteiger partial charge in [0.05, 0.1) is 12.5 Å². The quantitative estimate of drug-likeness (QED) is 0.781. The minimum Gasteiger partial charge on any atom is -0.364 e. The van der Waals surface area contributed by atoms with Crippen molar-refractivity contribution in [3.63, 3.8) is 0 Å². The topological polar surface area (TPSA) is 115 Å². The predicted octanol–water partition coefficient (Wildman–Crippen LogP) is -0.201. The highest BCUT2D eigenvalue weighted by Crippen LogP contribution is 2.26. The van der Waals surface area contributed by atoms with Crippen molar-refractivity contribution in [3.8, 4) is 0 Å². The number of nitrogens with two attached hydrogens (primary N) is 2. The summed E-state index contributed by atoms with van der Waals surface area (Å²) in [4.78, 5) is 39.0. The zero-order valence-electron chi connectivity index (χ0n) is 13.8. The number of urea groups is 1. The molecule has 130 valence electrons. The van der Waals surface area contributed by atoms with Crippen LogP contribution in [0.4, 0.5) is 4.79 Å². The number of amides is 4. The first kappa shape index (κ1) is 16.4. The van der Waals surface area contributed by atoms with Gasteiger partial charge in [0.15, 0.2) is 0 Å². The van der Waals surface area contributed by atoms with E-state index in [1.807, 2.05) is 11.0 Å². The minimum absolute atomic E-state index is 0.0495. The molecule has 0 unspecified atom stereocenters. The zero-order valence-corrected chi connectivity index (χ0v) is 13.8. The van der Waals surface area contributed by atoms with E-state index in [-0.39, 0.29) is 11.8 Å². The van der Waals surface area contributed by atoms with E-state index in [0.29, 0.717) is 38.3 Å². The minimum atomic E-state index is -0.470. The van der Waals surface area contributed by atoms with Gasteiger partial charge in [-0.1, -0.05) is 0 Å². The molecule has 1 aromatic rings. The van der Waals surface area contributed by atoms with Crippen LogP contribution in [0.25, 0.3) is 0 Å². The molecule has 8 nitrogen and oxygen atoms in total. The maximum Gasteiger partial charge on any atom is 0.314 e. The van der Waals surface area contributed by atoms with E-state index >= 15 is 0 Å². The molecule has 0 spiro atoms. The van der Waals surface area contributed by atoms with Crippen LogP contribution < -0.4 is 11.5 Å². The summed E-state index contributed by atoms with van der Waals surface area (Å²) >= 11 is 0. The van der Waals surface area contributed by atoms with Gasteiger partial charge >= 0.3 is 6.03 Å². The number of hydrogen-bond donors (Lipinski definition) is 2. The SMILES string of the molecule is Cn1c(C(N)=O)cc2c1CN(C(=O)[C@@H]1CCCN(C(N)=O)C1)CC2. The van der Waals surface area contributed by atoms with Gasteiger partial charge in [-0.3, -0.25) is 9.59 Å². The molecule has 1 saturated heterocycles. The van der Waals surface area contributed by atoms with Crippen molar-refractivity contribution >= 4 is 17.8 Å². The summed E-state index contributed by atoms with van der Waals surface area (Å²) in [6.07, 6.45) is 2.26. The van der Waals surface area contributed by atoms with Crippen LogP contribution in [0.3, 0.4) is 0 Å². The Morgan fingerprint density at radius 2 is 1.92 bits per heavy atom. The summed E-state index contributed by atoms with van der Waals surface area (Å²) in [6, 6.07) is 1.34. The Labute approximate surface area is 140 Å². The second-order valence-corrected chi connectivity index (χ2v) is 6.56. The second-order valence-electron chi connectivity index (χ2n) is 6.56. The van der Waals surface area contributed by atoms with Crippen molar-refractivity contribution in [2.75, 3.05) is 19.6 Å². The van der Waals surface area contributed by atoms with Crippen molar-refractivity contribution < 1.29 is 14.4 Å². The molecular formula is C16H23N5O3. The van der Waals surface area contributed by atoms with Crippen molar-refractivity contribution in [1.82, 2.24) is 14.4 Å².